The Hall–Kier alpha value is -1.76. The van der Waals surface area contributed by atoms with Crippen LogP contribution in [0.3, 0.4) is 0 Å². The molecule has 2 aliphatic rings. The summed E-state index contributed by atoms with van der Waals surface area (Å²) < 4.78 is 2.32. The molecule has 0 radical (unpaired) electrons. The van der Waals surface area contributed by atoms with E-state index in [0.717, 1.165) is 0 Å². The van der Waals surface area contributed by atoms with Crippen molar-refractivity contribution in [3.63, 3.8) is 0 Å². The van der Waals surface area contributed by atoms with Gasteiger partial charge in [0.1, 0.15) is 0 Å². The zero-order chi connectivity index (χ0) is 13.9. The van der Waals surface area contributed by atoms with Gasteiger partial charge in [0.2, 0.25) is 0 Å². The molecule has 1 aromatic heterocycles. The lowest BCUT2D eigenvalue weighted by Crippen LogP contribution is -1.95. The molecule has 1 heteroatoms. The standard InChI is InChI=1S/C19H21N/c1-12(2)19-15-8-9-16(19)18-11-20(10-17(15)18)14-6-4-13(3)5-7-14/h4-7,10-11,15-16H,8-9H2,1-3H3. The number of nitrogens with zero attached hydrogens (tertiary/aromatic N) is 1. The van der Waals surface area contributed by atoms with Crippen molar-refractivity contribution in [1.82, 2.24) is 4.57 Å². The summed E-state index contributed by atoms with van der Waals surface area (Å²) in [4.78, 5) is 0. The summed E-state index contributed by atoms with van der Waals surface area (Å²) >= 11 is 0. The van der Waals surface area contributed by atoms with Gasteiger partial charge in [-0.25, -0.2) is 0 Å². The molecule has 2 aromatic rings. The van der Waals surface area contributed by atoms with Crippen LogP contribution in [0.25, 0.3) is 5.69 Å². The van der Waals surface area contributed by atoms with Crippen molar-refractivity contribution in [1.29, 1.82) is 0 Å². The van der Waals surface area contributed by atoms with Crippen molar-refractivity contribution >= 4 is 0 Å². The Morgan fingerprint density at radius 2 is 1.50 bits per heavy atom. The van der Waals surface area contributed by atoms with Gasteiger partial charge in [0.05, 0.1) is 0 Å². The summed E-state index contributed by atoms with van der Waals surface area (Å²) in [5, 5.41) is 0. The van der Waals surface area contributed by atoms with Gasteiger partial charge in [-0.3, -0.25) is 0 Å². The molecule has 0 amide bonds. The second kappa shape index (κ2) is 4.12. The predicted molar refractivity (Wildman–Crippen MR) is 83.6 cm³/mol. The normalized spacial score (nSPS) is 23.2. The highest BCUT2D eigenvalue weighted by molar-refractivity contribution is 5.55. The molecule has 1 nitrogen and oxygen atoms in total. The first-order valence-electron chi connectivity index (χ1n) is 7.61. The van der Waals surface area contributed by atoms with Crippen LogP contribution in [0, 0.1) is 6.92 Å². The third-order valence-electron chi connectivity index (χ3n) is 5.04. The number of aryl methyl sites for hydroxylation is 1. The van der Waals surface area contributed by atoms with E-state index in [4.69, 9.17) is 0 Å². The first-order chi connectivity index (χ1) is 9.65. The number of rotatable bonds is 1. The molecular weight excluding hydrogens is 242 g/mol. The molecule has 1 saturated carbocycles. The third-order valence-corrected chi connectivity index (χ3v) is 5.04. The van der Waals surface area contributed by atoms with Gasteiger partial charge in [0.15, 0.2) is 0 Å². The number of benzene rings is 1. The smallest absolute Gasteiger partial charge is 0.0449 e. The van der Waals surface area contributed by atoms with E-state index >= 15 is 0 Å². The second-order valence-electron chi connectivity index (χ2n) is 6.55. The van der Waals surface area contributed by atoms with Gasteiger partial charge in [-0.15, -0.1) is 0 Å². The highest BCUT2D eigenvalue weighted by atomic mass is 15.0. The highest BCUT2D eigenvalue weighted by Gasteiger charge is 2.42. The quantitative estimate of drug-likeness (QED) is 0.631. The molecule has 0 saturated heterocycles. The molecule has 0 N–H and O–H groups in total. The average Bonchev–Trinajstić information content (AvgIpc) is 3.09. The van der Waals surface area contributed by atoms with Crippen LogP contribution in [0.15, 0.2) is 47.8 Å². The van der Waals surface area contributed by atoms with Crippen LogP contribution in [0.2, 0.25) is 0 Å². The Labute approximate surface area is 120 Å². The van der Waals surface area contributed by atoms with Gasteiger partial charge in [0.25, 0.3) is 0 Å². The van der Waals surface area contributed by atoms with Crippen molar-refractivity contribution in [2.24, 2.45) is 0 Å². The third kappa shape index (κ3) is 1.56. The van der Waals surface area contributed by atoms with Crippen LogP contribution in [0.1, 0.15) is 55.2 Å². The SMILES string of the molecule is CC(C)=C1C2CCC1c1cn(-c3ccc(C)cc3)cc12. The van der Waals surface area contributed by atoms with Crippen molar-refractivity contribution in [3.8, 4) is 5.69 Å². The number of allylic oxidation sites excluding steroid dienone is 2. The van der Waals surface area contributed by atoms with E-state index in [1.54, 1.807) is 16.7 Å². The fourth-order valence-corrected chi connectivity index (χ4v) is 4.16. The van der Waals surface area contributed by atoms with Crippen molar-refractivity contribution in [2.45, 2.75) is 45.4 Å². The molecule has 2 bridgehead atoms. The molecule has 2 aliphatic carbocycles. The molecular formula is C19H21N. The largest absolute Gasteiger partial charge is 0.323 e. The maximum Gasteiger partial charge on any atom is 0.0449 e. The zero-order valence-electron chi connectivity index (χ0n) is 12.5. The van der Waals surface area contributed by atoms with Gasteiger partial charge < -0.3 is 4.57 Å². The van der Waals surface area contributed by atoms with Crippen LogP contribution in [-0.2, 0) is 0 Å². The minimum atomic E-state index is 0.701. The van der Waals surface area contributed by atoms with Crippen LogP contribution in [-0.4, -0.2) is 4.57 Å². The van der Waals surface area contributed by atoms with E-state index in [2.05, 4.69) is 62.0 Å². The van der Waals surface area contributed by atoms with Crippen LogP contribution in [0.4, 0.5) is 0 Å². The number of aromatic nitrogens is 1. The van der Waals surface area contributed by atoms with Crippen molar-refractivity contribution in [2.75, 3.05) is 0 Å². The van der Waals surface area contributed by atoms with E-state index in [1.165, 1.54) is 29.7 Å². The molecule has 102 valence electrons. The molecule has 0 aliphatic heterocycles. The second-order valence-corrected chi connectivity index (χ2v) is 6.55. The highest BCUT2D eigenvalue weighted by Crippen LogP contribution is 2.58. The Kier molecular flexibility index (Phi) is 2.47. The predicted octanol–water partition coefficient (Wildman–Crippen LogP) is 5.10. The fourth-order valence-electron chi connectivity index (χ4n) is 4.16. The van der Waals surface area contributed by atoms with Crippen molar-refractivity contribution in [3.05, 3.63) is 64.5 Å². The van der Waals surface area contributed by atoms with E-state index in [0.29, 0.717) is 11.8 Å². The van der Waals surface area contributed by atoms with Crippen LogP contribution in [0.5, 0.6) is 0 Å². The first kappa shape index (κ1) is 12.0. The maximum atomic E-state index is 2.37. The molecule has 2 unspecified atom stereocenters. The Morgan fingerprint density at radius 3 is 2.00 bits per heavy atom. The van der Waals surface area contributed by atoms with Gasteiger partial charge >= 0.3 is 0 Å². The number of hydrogen-bond acceptors (Lipinski definition) is 0. The summed E-state index contributed by atoms with van der Waals surface area (Å²) in [6.07, 6.45) is 7.42. The number of hydrogen-bond donors (Lipinski definition) is 0. The minimum Gasteiger partial charge on any atom is -0.323 e. The van der Waals surface area contributed by atoms with Crippen LogP contribution < -0.4 is 0 Å². The minimum absolute atomic E-state index is 0.701. The summed E-state index contributed by atoms with van der Waals surface area (Å²) in [5.74, 6) is 1.40. The van der Waals surface area contributed by atoms with Crippen LogP contribution >= 0.6 is 0 Å². The summed E-state index contributed by atoms with van der Waals surface area (Å²) in [6.45, 7) is 6.70. The molecule has 20 heavy (non-hydrogen) atoms. The Bertz CT molecular complexity index is 664. The average molecular weight is 263 g/mol. The van der Waals surface area contributed by atoms with Gasteiger partial charge in [-0.05, 0) is 56.9 Å². The van der Waals surface area contributed by atoms with Gasteiger partial charge in [-0.1, -0.05) is 28.8 Å². The molecule has 1 fully saturated rings. The molecule has 4 rings (SSSR count). The molecule has 1 heterocycles. The van der Waals surface area contributed by atoms with E-state index in [-0.39, 0.29) is 0 Å². The summed E-state index contributed by atoms with van der Waals surface area (Å²) in [7, 11) is 0. The lowest BCUT2D eigenvalue weighted by Gasteiger charge is -2.10. The monoisotopic (exact) mass is 263 g/mol. The Morgan fingerprint density at radius 1 is 0.950 bits per heavy atom. The lowest BCUT2D eigenvalue weighted by molar-refractivity contribution is 0.722. The van der Waals surface area contributed by atoms with E-state index in [1.807, 2.05) is 0 Å². The first-order valence-corrected chi connectivity index (χ1v) is 7.61. The number of fused-ring (bicyclic) bond motifs is 5. The van der Waals surface area contributed by atoms with E-state index in [9.17, 15) is 0 Å². The van der Waals surface area contributed by atoms with Gasteiger partial charge in [-0.2, -0.15) is 0 Å². The van der Waals surface area contributed by atoms with Crippen molar-refractivity contribution < 1.29 is 0 Å². The zero-order valence-corrected chi connectivity index (χ0v) is 12.5. The van der Waals surface area contributed by atoms with Gasteiger partial charge in [0, 0.05) is 29.9 Å². The topological polar surface area (TPSA) is 4.93 Å². The molecule has 2 atom stereocenters. The maximum absolute atomic E-state index is 2.37. The van der Waals surface area contributed by atoms with E-state index < -0.39 is 0 Å². The lowest BCUT2D eigenvalue weighted by atomic mass is 9.96. The summed E-state index contributed by atoms with van der Waals surface area (Å²) in [5.41, 5.74) is 9.01. The molecule has 0 spiro atoms. The molecule has 1 aromatic carbocycles. The summed E-state index contributed by atoms with van der Waals surface area (Å²) in [6, 6.07) is 8.82. The fraction of sp³-hybridized carbons (Fsp3) is 0.368. The Balaban J connectivity index is 1.79.